The minimum absolute atomic E-state index is 0.0537. The van der Waals surface area contributed by atoms with Gasteiger partial charge in [-0.3, -0.25) is 4.79 Å². The van der Waals surface area contributed by atoms with E-state index in [4.69, 9.17) is 11.6 Å². The van der Waals surface area contributed by atoms with Gasteiger partial charge in [0.05, 0.1) is 11.1 Å². The fourth-order valence-electron chi connectivity index (χ4n) is 8.08. The van der Waals surface area contributed by atoms with E-state index < -0.39 is 0 Å². The molecule has 2 fully saturated rings. The first kappa shape index (κ1) is 26.8. The van der Waals surface area contributed by atoms with Crippen LogP contribution >= 0.6 is 11.6 Å². The summed E-state index contributed by atoms with van der Waals surface area (Å²) in [5.74, 6) is 2.72. The van der Waals surface area contributed by atoms with Gasteiger partial charge in [0.15, 0.2) is 0 Å². The molecule has 4 aliphatic carbocycles. The fraction of sp³-hybridized carbons (Fsp3) is 0.800. The summed E-state index contributed by atoms with van der Waals surface area (Å²) in [6.07, 6.45) is 17.5. The number of amides is 1. The van der Waals surface area contributed by atoms with Crippen molar-refractivity contribution in [2.24, 2.45) is 29.1 Å². The van der Waals surface area contributed by atoms with Gasteiger partial charge in [-0.2, -0.15) is 0 Å². The maximum absolute atomic E-state index is 11.3. The molecule has 0 spiro atoms. The summed E-state index contributed by atoms with van der Waals surface area (Å²) in [6.45, 7) is 2.34. The third kappa shape index (κ3) is 5.86. The van der Waals surface area contributed by atoms with Gasteiger partial charge in [-0.15, -0.1) is 0 Å². The number of nitrogens with one attached hydrogen (secondary N) is 1. The Morgan fingerprint density at radius 3 is 2.49 bits per heavy atom. The van der Waals surface area contributed by atoms with Crippen LogP contribution in [0.3, 0.4) is 0 Å². The Morgan fingerprint density at radius 1 is 1.09 bits per heavy atom. The molecule has 0 aromatic heterocycles. The van der Waals surface area contributed by atoms with Gasteiger partial charge in [0.1, 0.15) is 5.76 Å². The van der Waals surface area contributed by atoms with E-state index in [0.29, 0.717) is 47.3 Å². The van der Waals surface area contributed by atoms with E-state index in [-0.39, 0.29) is 17.4 Å². The number of carbonyl (C=O) groups is 1. The fourth-order valence-corrected chi connectivity index (χ4v) is 8.47. The molecular weight excluding hydrogens is 458 g/mol. The van der Waals surface area contributed by atoms with Crippen molar-refractivity contribution in [3.05, 3.63) is 27.7 Å². The maximum Gasteiger partial charge on any atom is 0.219 e. The predicted molar refractivity (Wildman–Crippen MR) is 142 cm³/mol. The molecule has 0 saturated heterocycles. The zero-order valence-corrected chi connectivity index (χ0v) is 22.6. The highest BCUT2D eigenvalue weighted by atomic mass is 35.5. The van der Waals surface area contributed by atoms with Crippen LogP contribution in [0.4, 0.5) is 0 Å². The van der Waals surface area contributed by atoms with Crippen LogP contribution in [-0.2, 0) is 4.79 Å². The first-order chi connectivity index (χ1) is 16.8. The van der Waals surface area contributed by atoms with Gasteiger partial charge in [0, 0.05) is 19.9 Å². The largest absolute Gasteiger partial charge is 0.504 e. The Balaban J connectivity index is 1.30. The van der Waals surface area contributed by atoms with Crippen LogP contribution in [0, 0.1) is 29.1 Å². The second-order valence-corrected chi connectivity index (χ2v) is 12.4. The van der Waals surface area contributed by atoms with Gasteiger partial charge in [-0.1, -0.05) is 74.8 Å². The first-order valence-electron chi connectivity index (χ1n) is 14.3. The second-order valence-electron chi connectivity index (χ2n) is 12.0. The van der Waals surface area contributed by atoms with Gasteiger partial charge in [-0.05, 0) is 79.6 Å². The van der Waals surface area contributed by atoms with E-state index in [1.165, 1.54) is 56.1 Å². The molecule has 0 bridgehead atoms. The summed E-state index contributed by atoms with van der Waals surface area (Å²) in [4.78, 5) is 11.3. The lowest BCUT2D eigenvalue weighted by molar-refractivity contribution is -0.120. The molecule has 0 radical (unpaired) electrons. The molecule has 0 aromatic rings. The minimum atomic E-state index is -0.165. The molecule has 6 atom stereocenters. The van der Waals surface area contributed by atoms with Crippen LogP contribution in [0.5, 0.6) is 0 Å². The molecule has 0 heterocycles. The molecule has 35 heavy (non-hydrogen) atoms. The lowest BCUT2D eigenvalue weighted by Crippen LogP contribution is -2.48. The SMILES string of the molecule is CNC(=O)CCCCCCCCCC[C@@H]1CC2=C(C(Cl)=C=C(O)C2)C2CC[C@]3(C)C(O)CCC3C21. The van der Waals surface area contributed by atoms with Crippen molar-refractivity contribution in [1.82, 2.24) is 5.32 Å². The average molecular weight is 504 g/mol. The minimum Gasteiger partial charge on any atom is -0.504 e. The van der Waals surface area contributed by atoms with Gasteiger partial charge in [0.25, 0.3) is 0 Å². The number of rotatable bonds is 11. The lowest BCUT2D eigenvalue weighted by Gasteiger charge is -2.54. The zero-order chi connectivity index (χ0) is 25.0. The number of hydrogen-bond donors (Lipinski definition) is 3. The van der Waals surface area contributed by atoms with Crippen LogP contribution < -0.4 is 5.32 Å². The number of fused-ring (bicyclic) bond motifs is 4. The Morgan fingerprint density at radius 2 is 1.77 bits per heavy atom. The van der Waals surface area contributed by atoms with Crippen molar-refractivity contribution >= 4 is 17.5 Å². The quantitative estimate of drug-likeness (QED) is 0.204. The third-order valence-electron chi connectivity index (χ3n) is 9.97. The topological polar surface area (TPSA) is 69.6 Å². The molecule has 196 valence electrons. The average Bonchev–Trinajstić information content (AvgIpc) is 3.13. The highest BCUT2D eigenvalue weighted by Crippen LogP contribution is 2.63. The summed E-state index contributed by atoms with van der Waals surface area (Å²) in [5, 5.41) is 24.4. The van der Waals surface area contributed by atoms with Crippen LogP contribution in [0.1, 0.15) is 110 Å². The van der Waals surface area contributed by atoms with Crippen LogP contribution in [-0.4, -0.2) is 29.3 Å². The summed E-state index contributed by atoms with van der Waals surface area (Å²) in [7, 11) is 1.71. The van der Waals surface area contributed by atoms with Crippen LogP contribution in [0.15, 0.2) is 27.7 Å². The molecule has 3 N–H and O–H groups in total. The lowest BCUT2D eigenvalue weighted by atomic mass is 9.51. The standard InChI is InChI=1S/C30H46ClNO3/c1-30-16-15-23-28(24(30)13-14-26(30)34)20(17-21-18-22(33)19-25(31)29(21)23)11-9-7-5-3-4-6-8-10-12-27(35)32-2/h20,23-24,26,28,33-34H,3-18H2,1-2H3,(H,32,35)/t20-,23?,24?,26?,28?,30+/m1/s1. The molecule has 4 aliphatic rings. The van der Waals surface area contributed by atoms with Gasteiger partial charge < -0.3 is 15.5 Å². The van der Waals surface area contributed by atoms with Crippen LogP contribution in [0.25, 0.3) is 0 Å². The van der Waals surface area contributed by atoms with Crippen molar-refractivity contribution in [3.63, 3.8) is 0 Å². The Kier molecular flexibility index (Phi) is 9.11. The second kappa shape index (κ2) is 11.9. The summed E-state index contributed by atoms with van der Waals surface area (Å²) < 4.78 is 0. The van der Waals surface area contributed by atoms with E-state index in [1.54, 1.807) is 7.05 Å². The summed E-state index contributed by atoms with van der Waals surface area (Å²) in [6, 6.07) is 0. The highest BCUT2D eigenvalue weighted by molar-refractivity contribution is 6.32. The van der Waals surface area contributed by atoms with Crippen molar-refractivity contribution in [1.29, 1.82) is 0 Å². The van der Waals surface area contributed by atoms with Gasteiger partial charge in [-0.25, -0.2) is 0 Å². The summed E-state index contributed by atoms with van der Waals surface area (Å²) in [5.41, 5.74) is 5.73. The number of carbonyl (C=O) groups excluding carboxylic acids is 1. The number of aliphatic hydroxyl groups excluding tert-OH is 2. The van der Waals surface area contributed by atoms with Crippen molar-refractivity contribution in [3.8, 4) is 0 Å². The molecule has 4 nitrogen and oxygen atoms in total. The molecule has 0 aliphatic heterocycles. The zero-order valence-electron chi connectivity index (χ0n) is 21.9. The number of unbranched alkanes of at least 4 members (excludes halogenated alkanes) is 7. The highest BCUT2D eigenvalue weighted by Gasteiger charge is 2.57. The normalized spacial score (nSPS) is 34.0. The molecule has 0 aromatic carbocycles. The molecule has 1 amide bonds. The Bertz CT molecular complexity index is 873. The Hall–Kier alpha value is -1.22. The van der Waals surface area contributed by atoms with E-state index in [2.05, 4.69) is 18.0 Å². The number of allylic oxidation sites excluding steroid dienone is 2. The van der Waals surface area contributed by atoms with Gasteiger partial charge in [0.2, 0.25) is 5.91 Å². The number of hydrogen-bond acceptors (Lipinski definition) is 3. The molecule has 5 heteroatoms. The summed E-state index contributed by atoms with van der Waals surface area (Å²) >= 11 is 6.69. The molecular formula is C30H46ClNO3. The molecule has 2 saturated carbocycles. The van der Waals surface area contributed by atoms with Crippen molar-refractivity contribution < 1.29 is 15.0 Å². The number of halogens is 1. The third-order valence-corrected chi connectivity index (χ3v) is 10.3. The smallest absolute Gasteiger partial charge is 0.219 e. The molecule has 4 unspecified atom stereocenters. The van der Waals surface area contributed by atoms with Crippen molar-refractivity contribution in [2.45, 2.75) is 116 Å². The Labute approximate surface area is 217 Å². The van der Waals surface area contributed by atoms with E-state index in [9.17, 15) is 15.0 Å². The molecule has 4 rings (SSSR count). The maximum atomic E-state index is 11.3. The number of aliphatic hydroxyl groups is 2. The van der Waals surface area contributed by atoms with Gasteiger partial charge >= 0.3 is 0 Å². The van der Waals surface area contributed by atoms with E-state index in [1.807, 2.05) is 0 Å². The first-order valence-corrected chi connectivity index (χ1v) is 14.7. The van der Waals surface area contributed by atoms with Crippen molar-refractivity contribution in [2.75, 3.05) is 7.05 Å². The predicted octanol–water partition coefficient (Wildman–Crippen LogP) is 7.32. The van der Waals surface area contributed by atoms with E-state index in [0.717, 1.165) is 44.9 Å². The monoisotopic (exact) mass is 503 g/mol. The van der Waals surface area contributed by atoms with E-state index >= 15 is 0 Å². The van der Waals surface area contributed by atoms with Crippen LogP contribution in [0.2, 0.25) is 0 Å².